The van der Waals surface area contributed by atoms with Crippen molar-refractivity contribution in [1.82, 2.24) is 4.31 Å². The van der Waals surface area contributed by atoms with Gasteiger partial charge in [-0.1, -0.05) is 18.2 Å². The molecule has 1 aliphatic carbocycles. The maximum Gasteiger partial charge on any atom is 0.244 e. The number of fused-ring (bicyclic) bond motifs is 1. The Bertz CT molecular complexity index is 765. The first-order valence-electron chi connectivity index (χ1n) is 7.01. The largest absolute Gasteiger partial charge is 0.244 e. The molecule has 1 saturated carbocycles. The zero-order valence-electron chi connectivity index (χ0n) is 12.0. The molecule has 114 valence electrons. The fraction of sp³-hybridized carbons (Fsp3) is 0.467. The van der Waals surface area contributed by atoms with E-state index >= 15 is 0 Å². The minimum atomic E-state index is -3.51. The monoisotopic (exact) mass is 343 g/mol. The summed E-state index contributed by atoms with van der Waals surface area (Å²) in [6.07, 6.45) is 2.24. The third kappa shape index (κ3) is 2.61. The molecule has 0 aliphatic heterocycles. The van der Waals surface area contributed by atoms with Crippen LogP contribution in [0.15, 0.2) is 29.2 Å². The van der Waals surface area contributed by atoms with Crippen LogP contribution in [0.3, 0.4) is 0 Å². The van der Waals surface area contributed by atoms with Gasteiger partial charge in [0.25, 0.3) is 0 Å². The van der Waals surface area contributed by atoms with E-state index in [1.165, 1.54) is 15.6 Å². The quantitative estimate of drug-likeness (QED) is 0.768. The van der Waals surface area contributed by atoms with Crippen molar-refractivity contribution in [3.05, 3.63) is 29.1 Å². The molecule has 1 aromatic carbocycles. The van der Waals surface area contributed by atoms with Crippen LogP contribution in [0.1, 0.15) is 24.6 Å². The van der Waals surface area contributed by atoms with Gasteiger partial charge < -0.3 is 0 Å². The number of halogens is 1. The van der Waals surface area contributed by atoms with Crippen molar-refractivity contribution < 1.29 is 8.42 Å². The highest BCUT2D eigenvalue weighted by Crippen LogP contribution is 2.40. The lowest BCUT2D eigenvalue weighted by Gasteiger charge is -2.24. The van der Waals surface area contributed by atoms with Crippen LogP contribution in [0.2, 0.25) is 0 Å². The Kier molecular flexibility index (Phi) is 4.03. The Labute approximate surface area is 134 Å². The molecule has 0 amide bonds. The highest BCUT2D eigenvalue weighted by atomic mass is 35.5. The summed E-state index contributed by atoms with van der Waals surface area (Å²) in [5, 5.41) is 0.785. The Morgan fingerprint density at radius 1 is 1.38 bits per heavy atom. The van der Waals surface area contributed by atoms with E-state index in [2.05, 4.69) is 0 Å². The lowest BCUT2D eigenvalue weighted by molar-refractivity contribution is 0.357. The smallest absolute Gasteiger partial charge is 0.207 e. The molecule has 0 radical (unpaired) electrons. The minimum Gasteiger partial charge on any atom is -0.207 e. The van der Waals surface area contributed by atoms with E-state index in [1.807, 2.05) is 31.2 Å². The molecule has 1 aliphatic rings. The van der Waals surface area contributed by atoms with Crippen LogP contribution in [0.25, 0.3) is 10.1 Å². The van der Waals surface area contributed by atoms with Gasteiger partial charge in [0, 0.05) is 28.1 Å². The molecule has 3 rings (SSSR count). The molecule has 1 unspecified atom stereocenters. The molecule has 0 spiro atoms. The Morgan fingerprint density at radius 3 is 2.67 bits per heavy atom. The second-order valence-corrected chi connectivity index (χ2v) is 8.92. The van der Waals surface area contributed by atoms with Crippen LogP contribution >= 0.6 is 22.9 Å². The summed E-state index contributed by atoms with van der Waals surface area (Å²) in [7, 11) is -1.83. The van der Waals surface area contributed by atoms with Crippen molar-refractivity contribution in [2.24, 2.45) is 5.92 Å². The maximum absolute atomic E-state index is 13.0. The van der Waals surface area contributed by atoms with E-state index < -0.39 is 10.0 Å². The average Bonchev–Trinajstić information content (AvgIpc) is 3.24. The van der Waals surface area contributed by atoms with Crippen molar-refractivity contribution in [2.75, 3.05) is 7.05 Å². The topological polar surface area (TPSA) is 37.4 Å². The van der Waals surface area contributed by atoms with Crippen LogP contribution in [0.5, 0.6) is 0 Å². The summed E-state index contributed by atoms with van der Waals surface area (Å²) < 4.78 is 28.6. The fourth-order valence-corrected chi connectivity index (χ4v) is 6.23. The number of nitrogens with zero attached hydrogens (tertiary/aromatic N) is 1. The summed E-state index contributed by atoms with van der Waals surface area (Å²) in [4.78, 5) is 1.13. The van der Waals surface area contributed by atoms with Crippen molar-refractivity contribution in [2.45, 2.75) is 36.6 Å². The molecular formula is C15H18ClNO2S2. The molecule has 0 saturated heterocycles. The second-order valence-electron chi connectivity index (χ2n) is 5.58. The lowest BCUT2D eigenvalue weighted by atomic mass is 10.2. The molecular weight excluding hydrogens is 326 g/mol. The Hall–Kier alpha value is -0.620. The number of benzene rings is 1. The van der Waals surface area contributed by atoms with Crippen molar-refractivity contribution in [3.8, 4) is 0 Å². The van der Waals surface area contributed by atoms with Crippen LogP contribution in [-0.4, -0.2) is 25.8 Å². The van der Waals surface area contributed by atoms with Crippen molar-refractivity contribution in [3.63, 3.8) is 0 Å². The van der Waals surface area contributed by atoms with Crippen LogP contribution < -0.4 is 0 Å². The van der Waals surface area contributed by atoms with Crippen LogP contribution in [0, 0.1) is 5.92 Å². The van der Waals surface area contributed by atoms with E-state index in [1.54, 1.807) is 7.05 Å². The third-order valence-corrected chi connectivity index (χ3v) is 8.05. The van der Waals surface area contributed by atoms with E-state index in [9.17, 15) is 8.42 Å². The maximum atomic E-state index is 13.0. The summed E-state index contributed by atoms with van der Waals surface area (Å²) in [6, 6.07) is 7.64. The molecule has 0 N–H and O–H groups in total. The van der Waals surface area contributed by atoms with Crippen LogP contribution in [0.4, 0.5) is 0 Å². The van der Waals surface area contributed by atoms with Gasteiger partial charge in [-0.2, -0.15) is 4.31 Å². The van der Waals surface area contributed by atoms with Gasteiger partial charge in [0.2, 0.25) is 10.0 Å². The number of rotatable bonds is 5. The van der Waals surface area contributed by atoms with E-state index in [-0.39, 0.29) is 11.9 Å². The number of thiophene rings is 1. The number of hydrogen-bond donors (Lipinski definition) is 0. The minimum absolute atomic E-state index is 0.0387. The van der Waals surface area contributed by atoms with Gasteiger partial charge in [-0.3, -0.25) is 0 Å². The number of alkyl halides is 1. The molecule has 1 aromatic heterocycles. The number of sulfonamides is 1. The summed E-state index contributed by atoms with van der Waals surface area (Å²) in [6.45, 7) is 1.99. The predicted octanol–water partition coefficient (Wildman–Crippen LogP) is 4.06. The zero-order valence-corrected chi connectivity index (χ0v) is 14.4. The summed E-state index contributed by atoms with van der Waals surface area (Å²) in [5.41, 5.74) is 0. The van der Waals surface area contributed by atoms with Crippen LogP contribution in [-0.2, 0) is 15.9 Å². The van der Waals surface area contributed by atoms with E-state index in [0.717, 1.165) is 27.8 Å². The predicted molar refractivity (Wildman–Crippen MR) is 88.5 cm³/mol. The molecule has 3 nitrogen and oxygen atoms in total. The van der Waals surface area contributed by atoms with Crippen molar-refractivity contribution in [1.29, 1.82) is 0 Å². The molecule has 21 heavy (non-hydrogen) atoms. The van der Waals surface area contributed by atoms with Gasteiger partial charge in [0.1, 0.15) is 4.90 Å². The SMILES string of the molecule is CC(C1CC1)N(C)S(=O)(=O)c1c(CCl)sc2ccccc12. The van der Waals surface area contributed by atoms with Gasteiger partial charge in [-0.15, -0.1) is 22.9 Å². The summed E-state index contributed by atoms with van der Waals surface area (Å²) in [5.74, 6) is 0.716. The highest BCUT2D eigenvalue weighted by Gasteiger charge is 2.37. The zero-order chi connectivity index (χ0) is 15.2. The first-order valence-corrected chi connectivity index (χ1v) is 9.80. The molecule has 1 fully saturated rings. The fourth-order valence-electron chi connectivity index (χ4n) is 2.68. The lowest BCUT2D eigenvalue weighted by Crippen LogP contribution is -2.36. The first kappa shape index (κ1) is 15.3. The standard InChI is InChI=1S/C15H18ClNO2S2/c1-10(11-7-8-11)17(2)21(18,19)15-12-5-3-4-6-13(12)20-14(15)9-16/h3-6,10-11H,7-9H2,1-2H3. The molecule has 1 atom stereocenters. The Morgan fingerprint density at radius 2 is 2.05 bits per heavy atom. The highest BCUT2D eigenvalue weighted by molar-refractivity contribution is 7.89. The molecule has 0 bridgehead atoms. The normalized spacial score (nSPS) is 17.5. The Balaban J connectivity index is 2.13. The molecule has 2 aromatic rings. The number of hydrogen-bond acceptors (Lipinski definition) is 3. The van der Waals surface area contributed by atoms with Gasteiger partial charge in [0.05, 0.1) is 5.88 Å². The molecule has 1 heterocycles. The van der Waals surface area contributed by atoms with Gasteiger partial charge in [-0.05, 0) is 31.7 Å². The van der Waals surface area contributed by atoms with E-state index in [0.29, 0.717) is 10.8 Å². The van der Waals surface area contributed by atoms with Crippen molar-refractivity contribution >= 4 is 43.0 Å². The molecule has 6 heteroatoms. The van der Waals surface area contributed by atoms with E-state index in [4.69, 9.17) is 11.6 Å². The van der Waals surface area contributed by atoms with Gasteiger partial charge in [-0.25, -0.2) is 8.42 Å². The van der Waals surface area contributed by atoms with Gasteiger partial charge >= 0.3 is 0 Å². The third-order valence-electron chi connectivity index (χ3n) is 4.25. The van der Waals surface area contributed by atoms with Gasteiger partial charge in [0.15, 0.2) is 0 Å². The first-order chi connectivity index (χ1) is 9.96. The second kappa shape index (κ2) is 5.54. The summed E-state index contributed by atoms with van der Waals surface area (Å²) >= 11 is 7.46. The average molecular weight is 344 g/mol.